The molecular formula is C24H33NO5. The van der Waals surface area contributed by atoms with E-state index in [2.05, 4.69) is 13.0 Å². The van der Waals surface area contributed by atoms with Crippen LogP contribution in [0.25, 0.3) is 5.57 Å². The minimum atomic E-state index is -1.22. The number of nitrogens with zero attached hydrogens (tertiary/aromatic N) is 1. The van der Waals surface area contributed by atoms with Crippen molar-refractivity contribution in [2.75, 3.05) is 18.6 Å². The summed E-state index contributed by atoms with van der Waals surface area (Å²) in [4.78, 5) is 16.0. The van der Waals surface area contributed by atoms with E-state index in [0.29, 0.717) is 12.2 Å². The van der Waals surface area contributed by atoms with Crippen LogP contribution in [0, 0.1) is 11.8 Å². The average molecular weight is 416 g/mol. The number of aliphatic hydroxyl groups excluding tert-OH is 1. The smallest absolute Gasteiger partial charge is 0.265 e. The third-order valence-electron chi connectivity index (χ3n) is 7.18. The van der Waals surface area contributed by atoms with E-state index in [1.807, 2.05) is 37.8 Å². The maximum atomic E-state index is 14.1. The highest BCUT2D eigenvalue weighted by atomic mass is 16.5. The zero-order chi connectivity index (χ0) is 22.2. The molecule has 1 fully saturated rings. The third-order valence-corrected chi connectivity index (χ3v) is 7.18. The predicted octanol–water partition coefficient (Wildman–Crippen LogP) is 3.24. The van der Waals surface area contributed by atoms with Gasteiger partial charge in [0.05, 0.1) is 30.0 Å². The Balaban J connectivity index is 2.00. The summed E-state index contributed by atoms with van der Waals surface area (Å²) in [6.45, 7) is 11.5. The maximum Gasteiger partial charge on any atom is 0.265 e. The molecule has 1 spiro atoms. The molecule has 4 atom stereocenters. The molecule has 30 heavy (non-hydrogen) atoms. The Morgan fingerprint density at radius 1 is 1.30 bits per heavy atom. The summed E-state index contributed by atoms with van der Waals surface area (Å²) in [7, 11) is 1.62. The number of rotatable bonds is 4. The zero-order valence-electron chi connectivity index (χ0n) is 18.9. The Kier molecular flexibility index (Phi) is 4.66. The Morgan fingerprint density at radius 2 is 1.97 bits per heavy atom. The molecule has 164 valence electrons. The van der Waals surface area contributed by atoms with Crippen LogP contribution in [0.1, 0.15) is 59.1 Å². The molecule has 2 N–H and O–H groups in total. The Hall–Kier alpha value is -1.89. The number of aliphatic hydroxyl groups is 2. The molecule has 0 bridgehead atoms. The number of carbonyl (C=O) groups excluding carboxylic acids is 1. The van der Waals surface area contributed by atoms with E-state index < -0.39 is 22.8 Å². The molecule has 0 unspecified atom stereocenters. The predicted molar refractivity (Wildman–Crippen MR) is 115 cm³/mol. The van der Waals surface area contributed by atoms with Crippen LogP contribution in [0.5, 0.6) is 5.75 Å². The SMILES string of the molecule is COc1cc2c3c(c1)[C@@]1(O[C@H](CCO)[C@@H](C(C)(C)O)[C@@H]1C)C(=O)N3C(C)(C)C=C2C. The standard InChI is InChI=1S/C24H33NO5/c1-13-12-22(3,4)25-20-16(13)10-15(29-7)11-17(20)24(21(25)27)14(2)19(23(5,6)28)18(30-24)8-9-26/h10-12,14,18-19,26,28H,8-9H2,1-7H3/t14-,18+,19-,24+/m0/s1. The van der Waals surface area contributed by atoms with Crippen molar-refractivity contribution in [3.05, 3.63) is 29.3 Å². The van der Waals surface area contributed by atoms with Crippen LogP contribution in [0.4, 0.5) is 5.69 Å². The van der Waals surface area contributed by atoms with Gasteiger partial charge in [0.1, 0.15) is 5.75 Å². The Labute approximate surface area is 178 Å². The van der Waals surface area contributed by atoms with E-state index in [-0.39, 0.29) is 24.3 Å². The maximum absolute atomic E-state index is 14.1. The fourth-order valence-corrected chi connectivity index (χ4v) is 6.14. The van der Waals surface area contributed by atoms with Gasteiger partial charge in [-0.25, -0.2) is 0 Å². The fraction of sp³-hybridized carbons (Fsp3) is 0.625. The van der Waals surface area contributed by atoms with Crippen molar-refractivity contribution >= 4 is 17.2 Å². The molecule has 6 nitrogen and oxygen atoms in total. The first-order valence-electron chi connectivity index (χ1n) is 10.7. The minimum absolute atomic E-state index is 0.0691. The van der Waals surface area contributed by atoms with Gasteiger partial charge in [-0.15, -0.1) is 0 Å². The molecule has 0 saturated carbocycles. The van der Waals surface area contributed by atoms with Crippen LogP contribution in [0.2, 0.25) is 0 Å². The van der Waals surface area contributed by atoms with Crippen molar-refractivity contribution in [1.29, 1.82) is 0 Å². The van der Waals surface area contributed by atoms with Crippen molar-refractivity contribution in [1.82, 2.24) is 0 Å². The van der Waals surface area contributed by atoms with Gasteiger partial charge < -0.3 is 19.7 Å². The zero-order valence-corrected chi connectivity index (χ0v) is 18.9. The van der Waals surface area contributed by atoms with Crippen LogP contribution < -0.4 is 9.64 Å². The molecular weight excluding hydrogens is 382 g/mol. The van der Waals surface area contributed by atoms with Crippen molar-refractivity contribution in [3.63, 3.8) is 0 Å². The van der Waals surface area contributed by atoms with Crippen LogP contribution in [0.15, 0.2) is 18.2 Å². The monoisotopic (exact) mass is 415 g/mol. The summed E-state index contributed by atoms with van der Waals surface area (Å²) < 4.78 is 12.2. The van der Waals surface area contributed by atoms with Crippen LogP contribution in [-0.2, 0) is 15.1 Å². The van der Waals surface area contributed by atoms with Gasteiger partial charge in [-0.05, 0) is 58.7 Å². The number of allylic oxidation sites excluding steroid dienone is 1. The highest BCUT2D eigenvalue weighted by molar-refractivity contribution is 6.12. The van der Waals surface area contributed by atoms with Gasteiger partial charge in [0.25, 0.3) is 5.91 Å². The van der Waals surface area contributed by atoms with Crippen LogP contribution in [-0.4, -0.2) is 47.1 Å². The number of hydrogen-bond donors (Lipinski definition) is 2. The lowest BCUT2D eigenvalue weighted by Crippen LogP contribution is -2.53. The van der Waals surface area contributed by atoms with Crippen molar-refractivity contribution in [3.8, 4) is 5.75 Å². The first-order chi connectivity index (χ1) is 13.9. The van der Waals surface area contributed by atoms with Gasteiger partial charge in [-0.2, -0.15) is 0 Å². The number of carbonyl (C=O) groups is 1. The molecule has 1 aromatic rings. The average Bonchev–Trinajstić information content (AvgIpc) is 3.06. The first kappa shape index (κ1) is 21.3. The summed E-state index contributed by atoms with van der Waals surface area (Å²) in [6, 6.07) is 3.88. The normalized spacial score (nSPS) is 31.9. The second kappa shape index (κ2) is 6.55. The van der Waals surface area contributed by atoms with Gasteiger partial charge in [0.2, 0.25) is 0 Å². The number of hydrogen-bond acceptors (Lipinski definition) is 5. The molecule has 0 aliphatic carbocycles. The molecule has 3 aliphatic rings. The van der Waals surface area contributed by atoms with E-state index >= 15 is 0 Å². The number of amides is 1. The second-order valence-electron chi connectivity index (χ2n) is 10.1. The molecule has 1 aromatic carbocycles. The summed E-state index contributed by atoms with van der Waals surface area (Å²) in [5.41, 5.74) is 0.925. The van der Waals surface area contributed by atoms with E-state index in [1.165, 1.54) is 0 Å². The molecule has 3 heterocycles. The highest BCUT2D eigenvalue weighted by Gasteiger charge is 2.67. The molecule has 0 aromatic heterocycles. The Morgan fingerprint density at radius 3 is 2.53 bits per heavy atom. The van der Waals surface area contributed by atoms with E-state index in [9.17, 15) is 15.0 Å². The van der Waals surface area contributed by atoms with E-state index in [0.717, 1.165) is 22.4 Å². The lowest BCUT2D eigenvalue weighted by molar-refractivity contribution is -0.147. The van der Waals surface area contributed by atoms with Gasteiger partial charge in [0.15, 0.2) is 5.60 Å². The molecule has 6 heteroatoms. The number of ether oxygens (including phenoxy) is 2. The van der Waals surface area contributed by atoms with Crippen molar-refractivity contribution in [2.45, 2.75) is 70.8 Å². The Bertz CT molecular complexity index is 928. The molecule has 1 amide bonds. The fourth-order valence-electron chi connectivity index (χ4n) is 6.14. The first-order valence-corrected chi connectivity index (χ1v) is 10.7. The van der Waals surface area contributed by atoms with Gasteiger partial charge in [0, 0.05) is 29.6 Å². The van der Waals surface area contributed by atoms with Crippen LogP contribution in [0.3, 0.4) is 0 Å². The van der Waals surface area contributed by atoms with Crippen LogP contribution >= 0.6 is 0 Å². The highest BCUT2D eigenvalue weighted by Crippen LogP contribution is 2.61. The van der Waals surface area contributed by atoms with Gasteiger partial charge in [-0.3, -0.25) is 9.69 Å². The summed E-state index contributed by atoms with van der Waals surface area (Å²) in [5, 5.41) is 20.6. The molecule has 0 radical (unpaired) electrons. The summed E-state index contributed by atoms with van der Waals surface area (Å²) in [6.07, 6.45) is 2.03. The third kappa shape index (κ3) is 2.63. The van der Waals surface area contributed by atoms with Gasteiger partial charge >= 0.3 is 0 Å². The lowest BCUT2D eigenvalue weighted by atomic mass is 9.70. The summed E-state index contributed by atoms with van der Waals surface area (Å²) in [5.74, 6) is -0.0391. The molecule has 1 saturated heterocycles. The second-order valence-corrected chi connectivity index (χ2v) is 10.1. The van der Waals surface area contributed by atoms with Crippen molar-refractivity contribution in [2.24, 2.45) is 11.8 Å². The van der Waals surface area contributed by atoms with E-state index in [1.54, 1.807) is 21.0 Å². The molecule has 4 rings (SSSR count). The number of fused-ring (bicyclic) bond motifs is 1. The molecule has 3 aliphatic heterocycles. The van der Waals surface area contributed by atoms with Gasteiger partial charge in [-0.1, -0.05) is 13.0 Å². The number of methoxy groups -OCH3 is 1. The number of benzene rings is 1. The minimum Gasteiger partial charge on any atom is -0.497 e. The lowest BCUT2D eigenvalue weighted by Gasteiger charge is -2.39. The number of anilines is 1. The quantitative estimate of drug-likeness (QED) is 0.789. The summed E-state index contributed by atoms with van der Waals surface area (Å²) >= 11 is 0. The topological polar surface area (TPSA) is 79.2 Å². The van der Waals surface area contributed by atoms with Crippen molar-refractivity contribution < 1.29 is 24.5 Å². The van der Waals surface area contributed by atoms with E-state index in [4.69, 9.17) is 9.47 Å². The largest absolute Gasteiger partial charge is 0.497 e.